The zero-order valence-electron chi connectivity index (χ0n) is 20.2. The van der Waals surface area contributed by atoms with E-state index < -0.39 is 23.4 Å². The van der Waals surface area contributed by atoms with E-state index in [1.54, 1.807) is 37.3 Å². The summed E-state index contributed by atoms with van der Waals surface area (Å²) in [6, 6.07) is 14.7. The molecule has 0 radical (unpaired) electrons. The van der Waals surface area contributed by atoms with Crippen molar-refractivity contribution >= 4 is 29.2 Å². The van der Waals surface area contributed by atoms with Crippen molar-refractivity contribution in [1.29, 1.82) is 0 Å². The van der Waals surface area contributed by atoms with E-state index in [0.29, 0.717) is 17.3 Å². The Balaban J connectivity index is 1.46. The van der Waals surface area contributed by atoms with Gasteiger partial charge in [0, 0.05) is 17.8 Å². The summed E-state index contributed by atoms with van der Waals surface area (Å²) in [7, 11) is 0. The summed E-state index contributed by atoms with van der Waals surface area (Å²) < 4.78 is 30.3. The van der Waals surface area contributed by atoms with E-state index in [4.69, 9.17) is 11.6 Å². The van der Waals surface area contributed by atoms with Crippen molar-refractivity contribution in [1.82, 2.24) is 35.3 Å². The molecule has 2 amide bonds. The molecule has 0 bridgehead atoms. The maximum absolute atomic E-state index is 14.7. The number of hydrogen-bond donors (Lipinski definition) is 3. The number of benzene rings is 2. The molecule has 3 aromatic heterocycles. The van der Waals surface area contributed by atoms with Gasteiger partial charge in [0.2, 0.25) is 0 Å². The smallest absolute Gasteiger partial charge is 0.272 e. The quantitative estimate of drug-likeness (QED) is 0.275. The van der Waals surface area contributed by atoms with Crippen LogP contribution in [0.5, 0.6) is 0 Å². The summed E-state index contributed by atoms with van der Waals surface area (Å²) in [6.45, 7) is 1.79. The minimum atomic E-state index is -0.843. The van der Waals surface area contributed by atoms with Crippen LogP contribution in [-0.2, 0) is 6.54 Å². The molecule has 0 fully saturated rings. The SMILES string of the molecule is Cc1nc(CNC(=O)c2cc(NC(=O)c3cc(-c4ncccc4F)c(F)cc3Cl)n(-c3ccccc3)n2)n[nH]1. The number of nitrogens with zero attached hydrogens (tertiary/aromatic N) is 5. The van der Waals surface area contributed by atoms with Gasteiger partial charge in [-0.15, -0.1) is 0 Å². The number of para-hydroxylation sites is 1. The van der Waals surface area contributed by atoms with E-state index in [0.717, 1.165) is 18.2 Å². The number of amides is 2. The molecule has 0 saturated heterocycles. The van der Waals surface area contributed by atoms with Crippen molar-refractivity contribution in [3.8, 4) is 16.9 Å². The van der Waals surface area contributed by atoms with Crippen molar-refractivity contribution in [2.75, 3.05) is 5.32 Å². The predicted octanol–water partition coefficient (Wildman–Crippen LogP) is 4.47. The number of hydrogen-bond acceptors (Lipinski definition) is 6. The van der Waals surface area contributed by atoms with Crippen LogP contribution in [0.15, 0.2) is 66.9 Å². The number of rotatable bonds is 7. The van der Waals surface area contributed by atoms with E-state index in [-0.39, 0.29) is 39.9 Å². The Hall–Kier alpha value is -4.97. The fourth-order valence-corrected chi connectivity index (χ4v) is 3.97. The third-order valence-corrected chi connectivity index (χ3v) is 5.86. The highest BCUT2D eigenvalue weighted by molar-refractivity contribution is 6.34. The van der Waals surface area contributed by atoms with Crippen LogP contribution in [0, 0.1) is 18.6 Å². The van der Waals surface area contributed by atoms with E-state index in [9.17, 15) is 18.4 Å². The van der Waals surface area contributed by atoms with Gasteiger partial charge in [-0.3, -0.25) is 19.7 Å². The number of aromatic nitrogens is 6. The molecule has 0 aliphatic heterocycles. The largest absolute Gasteiger partial charge is 0.343 e. The van der Waals surface area contributed by atoms with Crippen LogP contribution in [0.2, 0.25) is 5.02 Å². The van der Waals surface area contributed by atoms with E-state index in [1.165, 1.54) is 23.0 Å². The molecule has 0 unspecified atom stereocenters. The Bertz CT molecular complexity index is 1690. The van der Waals surface area contributed by atoms with Gasteiger partial charge in [0.15, 0.2) is 11.5 Å². The van der Waals surface area contributed by atoms with Gasteiger partial charge in [-0.1, -0.05) is 29.8 Å². The minimum Gasteiger partial charge on any atom is -0.343 e. The minimum absolute atomic E-state index is 0.00265. The number of nitrogens with one attached hydrogen (secondary N) is 3. The number of carbonyl (C=O) groups is 2. The zero-order chi connectivity index (χ0) is 27.5. The first-order chi connectivity index (χ1) is 18.8. The van der Waals surface area contributed by atoms with Crippen LogP contribution in [0.4, 0.5) is 14.6 Å². The van der Waals surface area contributed by atoms with Crippen molar-refractivity contribution in [3.05, 3.63) is 106 Å². The molecule has 0 spiro atoms. The summed E-state index contributed by atoms with van der Waals surface area (Å²) in [5.41, 5.74) is -0.0808. The first-order valence-corrected chi connectivity index (χ1v) is 11.9. The summed E-state index contributed by atoms with van der Waals surface area (Å²) in [5.74, 6) is -1.75. The number of halogens is 3. The first kappa shape index (κ1) is 25.7. The second kappa shape index (κ2) is 10.8. The van der Waals surface area contributed by atoms with Crippen LogP contribution in [-0.4, -0.2) is 41.8 Å². The predicted molar refractivity (Wildman–Crippen MR) is 138 cm³/mol. The van der Waals surface area contributed by atoms with E-state index in [1.807, 2.05) is 0 Å². The number of carbonyl (C=O) groups excluding carboxylic acids is 2. The van der Waals surface area contributed by atoms with Crippen molar-refractivity contribution in [2.45, 2.75) is 13.5 Å². The lowest BCUT2D eigenvalue weighted by atomic mass is 10.1. The highest BCUT2D eigenvalue weighted by Gasteiger charge is 2.22. The van der Waals surface area contributed by atoms with Gasteiger partial charge in [0.1, 0.15) is 29.0 Å². The highest BCUT2D eigenvalue weighted by Crippen LogP contribution is 2.30. The Morgan fingerprint density at radius 1 is 1.03 bits per heavy atom. The monoisotopic (exact) mass is 548 g/mol. The Kier molecular flexibility index (Phi) is 7.10. The van der Waals surface area contributed by atoms with Gasteiger partial charge in [-0.05, 0) is 43.3 Å². The molecular formula is C26H19ClF2N8O2. The molecule has 10 nitrogen and oxygen atoms in total. The van der Waals surface area contributed by atoms with Crippen LogP contribution in [0.1, 0.15) is 32.5 Å². The summed E-state index contributed by atoms with van der Waals surface area (Å²) in [5, 5.41) is 16.1. The molecule has 5 rings (SSSR count). The van der Waals surface area contributed by atoms with Crippen LogP contribution in [0.25, 0.3) is 16.9 Å². The molecule has 0 aliphatic carbocycles. The van der Waals surface area contributed by atoms with Gasteiger partial charge in [0.25, 0.3) is 11.8 Å². The van der Waals surface area contributed by atoms with Crippen molar-refractivity contribution in [2.24, 2.45) is 0 Å². The Morgan fingerprint density at radius 3 is 2.54 bits per heavy atom. The number of aromatic amines is 1. The average molecular weight is 549 g/mol. The zero-order valence-corrected chi connectivity index (χ0v) is 21.0. The average Bonchev–Trinajstić information content (AvgIpc) is 3.54. The lowest BCUT2D eigenvalue weighted by Crippen LogP contribution is -2.24. The maximum atomic E-state index is 14.7. The third-order valence-electron chi connectivity index (χ3n) is 5.55. The lowest BCUT2D eigenvalue weighted by molar-refractivity contribution is 0.0943. The van der Waals surface area contributed by atoms with E-state index in [2.05, 4.69) is 35.9 Å². The second-order valence-corrected chi connectivity index (χ2v) is 8.69. The molecule has 196 valence electrons. The molecule has 3 N–H and O–H groups in total. The molecule has 13 heteroatoms. The third kappa shape index (κ3) is 5.50. The normalized spacial score (nSPS) is 10.9. The standard InChI is InChI=1S/C26H19ClF2N8O2/c1-14-32-22(35-34-14)13-31-26(39)21-12-23(37(36-21)15-6-3-2-4-7-15)33-25(38)16-10-17(20(29)11-18(16)27)24-19(28)8-5-9-30-24/h2-12H,13H2,1H3,(H,31,39)(H,33,38)(H,32,34,35). The second-order valence-electron chi connectivity index (χ2n) is 8.28. The number of H-pyrrole nitrogens is 1. The maximum Gasteiger partial charge on any atom is 0.272 e. The summed E-state index contributed by atoms with van der Waals surface area (Å²) >= 11 is 6.19. The summed E-state index contributed by atoms with van der Waals surface area (Å²) in [4.78, 5) is 34.1. The molecule has 0 saturated carbocycles. The molecular weight excluding hydrogens is 530 g/mol. The lowest BCUT2D eigenvalue weighted by Gasteiger charge is -2.11. The molecule has 2 aromatic carbocycles. The fourth-order valence-electron chi connectivity index (χ4n) is 3.74. The topological polar surface area (TPSA) is 130 Å². The Labute approximate surface area is 225 Å². The Morgan fingerprint density at radius 2 is 1.82 bits per heavy atom. The molecule has 5 aromatic rings. The molecule has 39 heavy (non-hydrogen) atoms. The molecule has 0 aliphatic rings. The van der Waals surface area contributed by atoms with Gasteiger partial charge < -0.3 is 10.6 Å². The number of pyridine rings is 1. The fraction of sp³-hybridized carbons (Fsp3) is 0.0769. The van der Waals surface area contributed by atoms with Crippen LogP contribution in [0.3, 0.4) is 0 Å². The molecule has 3 heterocycles. The summed E-state index contributed by atoms with van der Waals surface area (Å²) in [6.07, 6.45) is 1.31. The number of anilines is 1. The molecule has 0 atom stereocenters. The number of aryl methyl sites for hydroxylation is 1. The van der Waals surface area contributed by atoms with Crippen LogP contribution >= 0.6 is 11.6 Å². The van der Waals surface area contributed by atoms with E-state index >= 15 is 0 Å². The van der Waals surface area contributed by atoms with Crippen molar-refractivity contribution in [3.63, 3.8) is 0 Å². The van der Waals surface area contributed by atoms with Gasteiger partial charge >= 0.3 is 0 Å². The van der Waals surface area contributed by atoms with Crippen molar-refractivity contribution < 1.29 is 18.4 Å². The van der Waals surface area contributed by atoms with Gasteiger partial charge in [-0.2, -0.15) is 10.2 Å². The highest BCUT2D eigenvalue weighted by atomic mass is 35.5. The van der Waals surface area contributed by atoms with Gasteiger partial charge in [0.05, 0.1) is 22.8 Å². The van der Waals surface area contributed by atoms with Gasteiger partial charge in [-0.25, -0.2) is 18.4 Å². The first-order valence-electron chi connectivity index (χ1n) is 11.5. The van der Waals surface area contributed by atoms with Crippen LogP contribution < -0.4 is 10.6 Å².